The lowest BCUT2D eigenvalue weighted by Gasteiger charge is -2.13. The van der Waals surface area contributed by atoms with Gasteiger partial charge in [-0.25, -0.2) is 5.43 Å². The van der Waals surface area contributed by atoms with Crippen molar-refractivity contribution in [2.45, 2.75) is 27.1 Å². The third-order valence-corrected chi connectivity index (χ3v) is 8.10. The van der Waals surface area contributed by atoms with E-state index in [2.05, 4.69) is 75.2 Å². The lowest BCUT2D eigenvalue weighted by molar-refractivity contribution is 0.0923. The van der Waals surface area contributed by atoms with Crippen LogP contribution < -0.4 is 14.9 Å². The molecule has 0 atom stereocenters. The van der Waals surface area contributed by atoms with Gasteiger partial charge in [-0.05, 0) is 107 Å². The molecule has 0 aliphatic rings. The first-order valence-corrected chi connectivity index (χ1v) is 15.4. The quantitative estimate of drug-likeness (QED) is 0.115. The number of fused-ring (bicyclic) bond motifs is 1. The molecular weight excluding hydrogens is 654 g/mol. The molecule has 45 heavy (non-hydrogen) atoms. The summed E-state index contributed by atoms with van der Waals surface area (Å²) in [7, 11) is 0. The number of carbonyl (C=O) groups excluding carboxylic acids is 1. The Balaban J connectivity index is 1.07. The molecule has 2 aromatic heterocycles. The predicted octanol–water partition coefficient (Wildman–Crippen LogP) is 9.18. The molecule has 0 unspecified atom stereocenters. The maximum absolute atomic E-state index is 12.8. The standard InChI is InChI=1S/C36H29BrClN3O4/c1-23-10-11-24(2)41(23)29-12-14-30(15-13-29)43-22-31-16-17-34(45-31)36(42)40-39-20-27-18-28(38)19-33(37)35(27)44-21-26-8-5-7-25-6-3-4-9-32(25)26/h3-20H,21-22H2,1-2H3,(H,40,42)/b39-20+. The molecular formula is C36H29BrClN3O4. The van der Waals surface area contributed by atoms with Gasteiger partial charge < -0.3 is 18.5 Å². The predicted molar refractivity (Wildman–Crippen MR) is 181 cm³/mol. The Bertz CT molecular complexity index is 1990. The van der Waals surface area contributed by atoms with Gasteiger partial charge in [-0.3, -0.25) is 4.79 Å². The number of aryl methyl sites for hydroxylation is 2. The SMILES string of the molecule is Cc1ccc(C)n1-c1ccc(OCc2ccc(C(=O)N/N=C/c3cc(Cl)cc(Br)c3OCc3cccc4ccccc34)o2)cc1. The summed E-state index contributed by atoms with van der Waals surface area (Å²) < 4.78 is 20.6. The zero-order valence-corrected chi connectivity index (χ0v) is 26.9. The normalized spacial score (nSPS) is 11.3. The lowest BCUT2D eigenvalue weighted by Crippen LogP contribution is -2.17. The molecule has 0 spiro atoms. The molecule has 0 radical (unpaired) electrons. The molecule has 0 saturated heterocycles. The smallest absolute Gasteiger partial charge is 0.307 e. The molecule has 0 fully saturated rings. The first-order valence-electron chi connectivity index (χ1n) is 14.2. The fraction of sp³-hybridized carbons (Fsp3) is 0.111. The average Bonchev–Trinajstić information content (AvgIpc) is 3.65. The van der Waals surface area contributed by atoms with Crippen LogP contribution in [0.4, 0.5) is 0 Å². The van der Waals surface area contributed by atoms with Crippen LogP contribution in [-0.2, 0) is 13.2 Å². The van der Waals surface area contributed by atoms with Crippen molar-refractivity contribution >= 4 is 50.4 Å². The monoisotopic (exact) mass is 681 g/mol. The molecule has 2 heterocycles. The number of nitrogens with zero attached hydrogens (tertiary/aromatic N) is 2. The molecule has 7 nitrogen and oxygen atoms in total. The highest BCUT2D eigenvalue weighted by atomic mass is 79.9. The van der Waals surface area contributed by atoms with Crippen LogP contribution in [0, 0.1) is 13.8 Å². The highest BCUT2D eigenvalue weighted by Crippen LogP contribution is 2.33. The minimum absolute atomic E-state index is 0.111. The van der Waals surface area contributed by atoms with Crippen molar-refractivity contribution in [2.24, 2.45) is 5.10 Å². The van der Waals surface area contributed by atoms with Crippen LogP contribution in [0.2, 0.25) is 5.02 Å². The Labute approximate surface area is 274 Å². The molecule has 4 aromatic carbocycles. The number of carbonyl (C=O) groups is 1. The first kappa shape index (κ1) is 30.2. The molecule has 0 aliphatic heterocycles. The van der Waals surface area contributed by atoms with Crippen LogP contribution in [0.3, 0.4) is 0 Å². The molecule has 9 heteroatoms. The van der Waals surface area contributed by atoms with E-state index in [1.54, 1.807) is 24.3 Å². The van der Waals surface area contributed by atoms with E-state index in [0.29, 0.717) is 38.9 Å². The van der Waals surface area contributed by atoms with Crippen LogP contribution in [-0.4, -0.2) is 16.7 Å². The van der Waals surface area contributed by atoms with Gasteiger partial charge in [0.25, 0.3) is 0 Å². The van der Waals surface area contributed by atoms with Crippen molar-refractivity contribution in [1.82, 2.24) is 9.99 Å². The van der Waals surface area contributed by atoms with Crippen LogP contribution in [0.1, 0.15) is 38.8 Å². The highest BCUT2D eigenvalue weighted by molar-refractivity contribution is 9.10. The number of benzene rings is 4. The fourth-order valence-electron chi connectivity index (χ4n) is 5.11. The highest BCUT2D eigenvalue weighted by Gasteiger charge is 2.14. The van der Waals surface area contributed by atoms with E-state index >= 15 is 0 Å². The number of hydrazone groups is 1. The van der Waals surface area contributed by atoms with Gasteiger partial charge in [-0.1, -0.05) is 54.1 Å². The summed E-state index contributed by atoms with van der Waals surface area (Å²) in [5.41, 5.74) is 7.54. The second-order valence-corrected chi connectivity index (χ2v) is 11.7. The zero-order chi connectivity index (χ0) is 31.3. The Kier molecular flexibility index (Phi) is 9.05. The first-order chi connectivity index (χ1) is 21.9. The molecule has 1 amide bonds. The van der Waals surface area contributed by atoms with E-state index in [4.69, 9.17) is 25.5 Å². The van der Waals surface area contributed by atoms with Gasteiger partial charge in [0.05, 0.1) is 10.7 Å². The third-order valence-electron chi connectivity index (χ3n) is 7.29. The number of furan rings is 1. The van der Waals surface area contributed by atoms with Crippen molar-refractivity contribution in [3.63, 3.8) is 0 Å². The molecule has 6 aromatic rings. The van der Waals surface area contributed by atoms with E-state index < -0.39 is 5.91 Å². The summed E-state index contributed by atoms with van der Waals surface area (Å²) in [5.74, 6) is 1.36. The number of nitrogens with one attached hydrogen (secondary N) is 1. The Morgan fingerprint density at radius 2 is 1.67 bits per heavy atom. The largest absolute Gasteiger partial charge is 0.487 e. The zero-order valence-electron chi connectivity index (χ0n) is 24.6. The van der Waals surface area contributed by atoms with E-state index in [9.17, 15) is 4.79 Å². The van der Waals surface area contributed by atoms with Gasteiger partial charge in [-0.15, -0.1) is 0 Å². The summed E-state index contributed by atoms with van der Waals surface area (Å²) in [6, 6.07) is 33.0. The van der Waals surface area contributed by atoms with Crippen molar-refractivity contribution in [1.29, 1.82) is 0 Å². The summed E-state index contributed by atoms with van der Waals surface area (Å²) >= 11 is 9.86. The van der Waals surface area contributed by atoms with Crippen molar-refractivity contribution in [2.75, 3.05) is 0 Å². The van der Waals surface area contributed by atoms with Crippen LogP contribution >= 0.6 is 27.5 Å². The maximum atomic E-state index is 12.8. The summed E-state index contributed by atoms with van der Waals surface area (Å²) in [6.07, 6.45) is 1.49. The van der Waals surface area contributed by atoms with Crippen molar-refractivity contribution in [3.8, 4) is 17.2 Å². The number of aromatic nitrogens is 1. The average molecular weight is 683 g/mol. The molecule has 1 N–H and O–H groups in total. The molecule has 6 rings (SSSR count). The number of rotatable bonds is 10. The number of hydrogen-bond acceptors (Lipinski definition) is 5. The van der Waals surface area contributed by atoms with Gasteiger partial charge in [0.15, 0.2) is 5.76 Å². The fourth-order valence-corrected chi connectivity index (χ4v) is 6.06. The van der Waals surface area contributed by atoms with Crippen molar-refractivity contribution < 1.29 is 18.7 Å². The van der Waals surface area contributed by atoms with E-state index in [1.807, 2.05) is 48.5 Å². The summed E-state index contributed by atoms with van der Waals surface area (Å²) in [6.45, 7) is 4.65. The van der Waals surface area contributed by atoms with Gasteiger partial charge in [0.2, 0.25) is 0 Å². The van der Waals surface area contributed by atoms with E-state index in [0.717, 1.165) is 33.4 Å². The number of amides is 1. The number of ether oxygens (including phenoxy) is 2. The van der Waals surface area contributed by atoms with Crippen LogP contribution in [0.15, 0.2) is 117 Å². The van der Waals surface area contributed by atoms with Crippen LogP contribution in [0.25, 0.3) is 16.5 Å². The van der Waals surface area contributed by atoms with E-state index in [1.165, 1.54) is 6.21 Å². The van der Waals surface area contributed by atoms with Crippen molar-refractivity contribution in [3.05, 3.63) is 147 Å². The minimum Gasteiger partial charge on any atom is -0.487 e. The summed E-state index contributed by atoms with van der Waals surface area (Å²) in [4.78, 5) is 12.8. The molecule has 226 valence electrons. The lowest BCUT2D eigenvalue weighted by atomic mass is 10.1. The molecule has 0 bridgehead atoms. The number of hydrogen-bond donors (Lipinski definition) is 1. The van der Waals surface area contributed by atoms with Gasteiger partial charge >= 0.3 is 5.91 Å². The topological polar surface area (TPSA) is 78.0 Å². The van der Waals surface area contributed by atoms with Gasteiger partial charge in [0, 0.05) is 27.7 Å². The van der Waals surface area contributed by atoms with Gasteiger partial charge in [-0.2, -0.15) is 5.10 Å². The minimum atomic E-state index is -0.501. The Morgan fingerprint density at radius 3 is 2.47 bits per heavy atom. The molecule has 0 aliphatic carbocycles. The van der Waals surface area contributed by atoms with E-state index in [-0.39, 0.29) is 12.4 Å². The molecule has 0 saturated carbocycles. The second-order valence-electron chi connectivity index (χ2n) is 10.4. The Morgan fingerprint density at radius 1 is 0.911 bits per heavy atom. The Hall–Kier alpha value is -4.79. The summed E-state index contributed by atoms with van der Waals surface area (Å²) in [5, 5.41) is 6.88. The third kappa shape index (κ3) is 6.98. The van der Waals surface area contributed by atoms with Gasteiger partial charge in [0.1, 0.15) is 30.5 Å². The second kappa shape index (κ2) is 13.5. The van der Waals surface area contributed by atoms with Crippen LogP contribution in [0.5, 0.6) is 11.5 Å². The maximum Gasteiger partial charge on any atom is 0.307 e. The number of halogens is 2.